The number of nitrogens with zero attached hydrogens (tertiary/aromatic N) is 2. The Morgan fingerprint density at radius 3 is 2.42 bits per heavy atom. The Bertz CT molecular complexity index is 310. The average Bonchev–Trinajstić information content (AvgIpc) is 2.37. The molecule has 1 rings (SSSR count). The molecule has 1 N–H and O–H groups in total. The van der Waals surface area contributed by atoms with Crippen LogP contribution in [0.5, 0.6) is 0 Å². The zero-order chi connectivity index (χ0) is 14.4. The van der Waals surface area contributed by atoms with Gasteiger partial charge in [0, 0.05) is 39.0 Å². The summed E-state index contributed by atoms with van der Waals surface area (Å²) in [7, 11) is 1.73. The van der Waals surface area contributed by atoms with Gasteiger partial charge in [-0.05, 0) is 26.2 Å². The molecule has 1 heterocycles. The minimum atomic E-state index is -0.500. The van der Waals surface area contributed by atoms with E-state index in [1.807, 2.05) is 11.8 Å². The average molecular weight is 270 g/mol. The number of aliphatic hydroxyl groups excluding tert-OH is 1. The molecule has 5 heteroatoms. The number of carbonyl (C=O) groups is 2. The quantitative estimate of drug-likeness (QED) is 0.806. The molecule has 1 saturated heterocycles. The second-order valence-electron chi connectivity index (χ2n) is 5.47. The minimum absolute atomic E-state index is 0.00516. The Balaban J connectivity index is 2.40. The van der Waals surface area contributed by atoms with E-state index in [4.69, 9.17) is 0 Å². The van der Waals surface area contributed by atoms with Crippen molar-refractivity contribution < 1.29 is 14.7 Å². The van der Waals surface area contributed by atoms with Gasteiger partial charge in [-0.3, -0.25) is 9.59 Å². The lowest BCUT2D eigenvalue weighted by molar-refractivity contribution is -0.140. The van der Waals surface area contributed by atoms with Gasteiger partial charge >= 0.3 is 0 Å². The molecule has 0 aromatic rings. The maximum absolute atomic E-state index is 12.1. The van der Waals surface area contributed by atoms with Gasteiger partial charge in [0.15, 0.2) is 0 Å². The van der Waals surface area contributed by atoms with E-state index in [1.54, 1.807) is 18.9 Å². The molecule has 110 valence electrons. The highest BCUT2D eigenvalue weighted by atomic mass is 16.3. The van der Waals surface area contributed by atoms with E-state index in [2.05, 4.69) is 0 Å². The third-order valence-corrected chi connectivity index (χ3v) is 3.58. The first-order valence-electron chi connectivity index (χ1n) is 7.16. The van der Waals surface area contributed by atoms with Crippen LogP contribution in [0.25, 0.3) is 0 Å². The predicted octanol–water partition coefficient (Wildman–Crippen LogP) is 0.864. The minimum Gasteiger partial charge on any atom is -0.392 e. The van der Waals surface area contributed by atoms with Crippen molar-refractivity contribution in [1.29, 1.82) is 0 Å². The first kappa shape index (κ1) is 16.0. The molecule has 2 amide bonds. The van der Waals surface area contributed by atoms with Crippen molar-refractivity contribution in [2.24, 2.45) is 5.92 Å². The molecule has 1 aliphatic heterocycles. The molecule has 0 bridgehead atoms. The summed E-state index contributed by atoms with van der Waals surface area (Å²) >= 11 is 0. The van der Waals surface area contributed by atoms with Gasteiger partial charge in [-0.2, -0.15) is 0 Å². The van der Waals surface area contributed by atoms with Gasteiger partial charge in [0.2, 0.25) is 11.8 Å². The van der Waals surface area contributed by atoms with Gasteiger partial charge in [-0.25, -0.2) is 0 Å². The van der Waals surface area contributed by atoms with E-state index < -0.39 is 6.10 Å². The molecular formula is C14H26N2O3. The third kappa shape index (κ3) is 4.82. The molecule has 0 saturated carbocycles. The van der Waals surface area contributed by atoms with E-state index >= 15 is 0 Å². The van der Waals surface area contributed by atoms with Crippen LogP contribution in [0.15, 0.2) is 0 Å². The normalized spacial score (nSPS) is 18.2. The van der Waals surface area contributed by atoms with Crippen LogP contribution in [0.3, 0.4) is 0 Å². The van der Waals surface area contributed by atoms with Gasteiger partial charge in [-0.15, -0.1) is 0 Å². The van der Waals surface area contributed by atoms with Gasteiger partial charge in [0.25, 0.3) is 0 Å². The summed E-state index contributed by atoms with van der Waals surface area (Å²) in [4.78, 5) is 27.4. The number of aliphatic hydroxyl groups is 1. The summed E-state index contributed by atoms with van der Waals surface area (Å²) in [6, 6.07) is 0. The first-order chi connectivity index (χ1) is 8.95. The number of rotatable bonds is 5. The van der Waals surface area contributed by atoms with Crippen LogP contribution in [-0.4, -0.2) is 59.5 Å². The number of hydrogen-bond donors (Lipinski definition) is 1. The molecule has 0 aliphatic carbocycles. The van der Waals surface area contributed by atoms with Crippen molar-refractivity contribution in [2.45, 2.75) is 45.6 Å². The lowest BCUT2D eigenvalue weighted by Gasteiger charge is -2.33. The van der Waals surface area contributed by atoms with Crippen molar-refractivity contribution in [2.75, 3.05) is 26.7 Å². The predicted molar refractivity (Wildman–Crippen MR) is 73.5 cm³/mol. The van der Waals surface area contributed by atoms with Crippen LogP contribution in [0.1, 0.15) is 39.5 Å². The largest absolute Gasteiger partial charge is 0.392 e. The monoisotopic (exact) mass is 270 g/mol. The van der Waals surface area contributed by atoms with Crippen molar-refractivity contribution in [1.82, 2.24) is 9.80 Å². The summed E-state index contributed by atoms with van der Waals surface area (Å²) in [5, 5.41) is 9.30. The van der Waals surface area contributed by atoms with E-state index in [9.17, 15) is 14.7 Å². The molecular weight excluding hydrogens is 244 g/mol. The van der Waals surface area contributed by atoms with Gasteiger partial charge < -0.3 is 14.9 Å². The molecule has 19 heavy (non-hydrogen) atoms. The summed E-state index contributed by atoms with van der Waals surface area (Å²) in [6.45, 7) is 5.40. The highest BCUT2D eigenvalue weighted by Gasteiger charge is 2.28. The highest BCUT2D eigenvalue weighted by Crippen LogP contribution is 2.20. The number of carbonyl (C=O) groups excluding carboxylic acids is 2. The number of likely N-dealkylation sites (tertiary alicyclic amines) is 1. The highest BCUT2D eigenvalue weighted by molar-refractivity contribution is 5.80. The lowest BCUT2D eigenvalue weighted by atomic mass is 9.95. The van der Waals surface area contributed by atoms with Crippen molar-refractivity contribution in [3.63, 3.8) is 0 Å². The van der Waals surface area contributed by atoms with Crippen LogP contribution in [0.4, 0.5) is 0 Å². The Labute approximate surface area is 115 Å². The van der Waals surface area contributed by atoms with Crippen LogP contribution in [0, 0.1) is 5.92 Å². The molecule has 1 atom stereocenters. The fraction of sp³-hybridized carbons (Fsp3) is 0.857. The number of amides is 2. The molecule has 0 radical (unpaired) electrons. The number of hydrogen-bond acceptors (Lipinski definition) is 3. The van der Waals surface area contributed by atoms with E-state index in [-0.39, 0.29) is 17.7 Å². The lowest BCUT2D eigenvalue weighted by Crippen LogP contribution is -2.44. The Morgan fingerprint density at radius 2 is 1.95 bits per heavy atom. The zero-order valence-electron chi connectivity index (χ0n) is 12.3. The Morgan fingerprint density at radius 1 is 1.37 bits per heavy atom. The number of likely N-dealkylation sites (N-methyl/N-ethyl adjacent to an activating group) is 1. The summed E-state index contributed by atoms with van der Waals surface area (Å²) < 4.78 is 0. The summed E-state index contributed by atoms with van der Waals surface area (Å²) in [5.74, 6) is 0.281. The third-order valence-electron chi connectivity index (χ3n) is 3.58. The molecule has 0 aromatic heterocycles. The van der Waals surface area contributed by atoms with Crippen molar-refractivity contribution in [3.05, 3.63) is 0 Å². The van der Waals surface area contributed by atoms with Crippen LogP contribution in [0.2, 0.25) is 0 Å². The van der Waals surface area contributed by atoms with Crippen LogP contribution >= 0.6 is 0 Å². The molecule has 0 spiro atoms. The fourth-order valence-electron chi connectivity index (χ4n) is 2.55. The second kappa shape index (κ2) is 7.48. The maximum atomic E-state index is 12.1. The van der Waals surface area contributed by atoms with E-state index in [1.165, 1.54) is 0 Å². The second-order valence-corrected chi connectivity index (χ2v) is 5.47. The van der Waals surface area contributed by atoms with E-state index in [0.717, 1.165) is 19.3 Å². The van der Waals surface area contributed by atoms with Crippen molar-refractivity contribution >= 4 is 11.8 Å². The van der Waals surface area contributed by atoms with Gasteiger partial charge in [0.05, 0.1) is 6.10 Å². The smallest absolute Gasteiger partial charge is 0.225 e. The van der Waals surface area contributed by atoms with Gasteiger partial charge in [-0.1, -0.05) is 6.92 Å². The molecule has 1 fully saturated rings. The summed E-state index contributed by atoms with van der Waals surface area (Å²) in [5.41, 5.74) is 0. The first-order valence-corrected chi connectivity index (χ1v) is 7.16. The van der Waals surface area contributed by atoms with E-state index in [0.29, 0.717) is 26.1 Å². The van der Waals surface area contributed by atoms with Crippen LogP contribution in [-0.2, 0) is 9.59 Å². The topological polar surface area (TPSA) is 60.9 Å². The SMILES string of the molecule is CCCC(=O)N1CCC(C(=O)N(C)CC(C)O)CC1. The Hall–Kier alpha value is -1.10. The number of piperidine rings is 1. The molecule has 1 unspecified atom stereocenters. The molecule has 1 aliphatic rings. The standard InChI is InChI=1S/C14H26N2O3/c1-4-5-13(18)16-8-6-12(7-9-16)14(19)15(3)10-11(2)17/h11-12,17H,4-10H2,1-3H3. The summed E-state index contributed by atoms with van der Waals surface area (Å²) in [6.07, 6.45) is 2.44. The van der Waals surface area contributed by atoms with Gasteiger partial charge in [0.1, 0.15) is 0 Å². The van der Waals surface area contributed by atoms with Crippen LogP contribution < -0.4 is 0 Å². The maximum Gasteiger partial charge on any atom is 0.225 e. The fourth-order valence-corrected chi connectivity index (χ4v) is 2.55. The Kier molecular flexibility index (Phi) is 6.28. The van der Waals surface area contributed by atoms with Crippen molar-refractivity contribution in [3.8, 4) is 0 Å². The molecule has 0 aromatic carbocycles. The molecule has 5 nitrogen and oxygen atoms in total. The zero-order valence-corrected chi connectivity index (χ0v) is 12.3.